The van der Waals surface area contributed by atoms with Gasteiger partial charge in [-0.1, -0.05) is 12.1 Å². The van der Waals surface area contributed by atoms with E-state index in [0.29, 0.717) is 6.04 Å². The van der Waals surface area contributed by atoms with Gasteiger partial charge in [-0.25, -0.2) is 4.39 Å². The molecule has 0 saturated heterocycles. The van der Waals surface area contributed by atoms with Gasteiger partial charge in [0.15, 0.2) is 0 Å². The average Bonchev–Trinajstić information content (AvgIpc) is 2.26. The maximum atomic E-state index is 12.7. The number of halogens is 1. The Morgan fingerprint density at radius 2 is 1.81 bits per heavy atom. The minimum atomic E-state index is -0.213. The highest BCUT2D eigenvalue weighted by molar-refractivity contribution is 5.19. The van der Waals surface area contributed by atoms with E-state index >= 15 is 0 Å². The zero-order valence-corrected chi connectivity index (χ0v) is 10.3. The molecule has 1 atom stereocenters. The molecule has 0 aliphatic rings. The zero-order valence-electron chi connectivity index (χ0n) is 10.3. The van der Waals surface area contributed by atoms with Crippen molar-refractivity contribution in [3.63, 3.8) is 0 Å². The number of nitrogens with zero attached hydrogens (tertiary/aromatic N) is 1. The summed E-state index contributed by atoms with van der Waals surface area (Å²) in [6, 6.07) is 6.95. The van der Waals surface area contributed by atoms with Crippen LogP contribution in [0.15, 0.2) is 24.3 Å². The molecule has 16 heavy (non-hydrogen) atoms. The summed E-state index contributed by atoms with van der Waals surface area (Å²) >= 11 is 0. The Bertz CT molecular complexity index is 308. The third-order valence-corrected chi connectivity index (χ3v) is 2.97. The molecule has 1 rings (SSSR count). The van der Waals surface area contributed by atoms with E-state index in [1.807, 2.05) is 0 Å². The van der Waals surface area contributed by atoms with Crippen LogP contribution in [-0.2, 0) is 0 Å². The number of nitrogens with two attached hydrogens (primary N) is 1. The summed E-state index contributed by atoms with van der Waals surface area (Å²) in [6.07, 6.45) is 0.889. The van der Waals surface area contributed by atoms with Crippen LogP contribution >= 0.6 is 0 Å². The van der Waals surface area contributed by atoms with Crippen molar-refractivity contribution in [2.45, 2.75) is 32.4 Å². The largest absolute Gasteiger partial charge is 0.324 e. The smallest absolute Gasteiger partial charge is 0.123 e. The molecule has 0 heterocycles. The standard InChI is InChI=1S/C13H21FN2/c1-10(2)16(3)9-8-13(15)11-4-6-12(14)7-5-11/h4-7,10,13H,8-9,15H2,1-3H3. The second kappa shape index (κ2) is 5.97. The van der Waals surface area contributed by atoms with Gasteiger partial charge in [-0.15, -0.1) is 0 Å². The van der Waals surface area contributed by atoms with Crippen LogP contribution in [0.4, 0.5) is 4.39 Å². The first kappa shape index (κ1) is 13.1. The molecule has 1 aromatic carbocycles. The Labute approximate surface area is 97.3 Å². The number of rotatable bonds is 5. The van der Waals surface area contributed by atoms with Crippen molar-refractivity contribution in [2.24, 2.45) is 5.73 Å². The van der Waals surface area contributed by atoms with Gasteiger partial charge in [0.2, 0.25) is 0 Å². The molecule has 0 aliphatic carbocycles. The molecule has 90 valence electrons. The average molecular weight is 224 g/mol. The van der Waals surface area contributed by atoms with E-state index in [0.717, 1.165) is 18.5 Å². The monoisotopic (exact) mass is 224 g/mol. The quantitative estimate of drug-likeness (QED) is 0.833. The van der Waals surface area contributed by atoms with Crippen LogP contribution in [0.1, 0.15) is 31.9 Å². The molecule has 0 amide bonds. The fourth-order valence-corrected chi connectivity index (χ4v) is 1.48. The van der Waals surface area contributed by atoms with Gasteiger partial charge in [-0.3, -0.25) is 0 Å². The summed E-state index contributed by atoms with van der Waals surface area (Å²) in [7, 11) is 2.09. The summed E-state index contributed by atoms with van der Waals surface area (Å²) in [4.78, 5) is 2.25. The maximum absolute atomic E-state index is 12.7. The number of hydrogen-bond donors (Lipinski definition) is 1. The van der Waals surface area contributed by atoms with E-state index in [9.17, 15) is 4.39 Å². The lowest BCUT2D eigenvalue weighted by Crippen LogP contribution is -2.29. The lowest BCUT2D eigenvalue weighted by atomic mass is 10.0. The molecular formula is C13H21FN2. The minimum Gasteiger partial charge on any atom is -0.324 e. The van der Waals surface area contributed by atoms with E-state index in [2.05, 4.69) is 25.8 Å². The zero-order chi connectivity index (χ0) is 12.1. The fraction of sp³-hybridized carbons (Fsp3) is 0.538. The van der Waals surface area contributed by atoms with Crippen molar-refractivity contribution in [1.29, 1.82) is 0 Å². The van der Waals surface area contributed by atoms with E-state index in [-0.39, 0.29) is 11.9 Å². The Morgan fingerprint density at radius 1 is 1.25 bits per heavy atom. The van der Waals surface area contributed by atoms with E-state index < -0.39 is 0 Å². The van der Waals surface area contributed by atoms with Crippen LogP contribution in [0.25, 0.3) is 0 Å². The maximum Gasteiger partial charge on any atom is 0.123 e. The van der Waals surface area contributed by atoms with Gasteiger partial charge in [-0.05, 0) is 51.6 Å². The molecule has 0 saturated carbocycles. The molecule has 0 radical (unpaired) electrons. The predicted octanol–water partition coefficient (Wildman–Crippen LogP) is 2.56. The number of hydrogen-bond acceptors (Lipinski definition) is 2. The molecule has 3 heteroatoms. The topological polar surface area (TPSA) is 29.3 Å². The van der Waals surface area contributed by atoms with Crippen molar-refractivity contribution in [2.75, 3.05) is 13.6 Å². The summed E-state index contributed by atoms with van der Waals surface area (Å²) in [5.74, 6) is -0.213. The van der Waals surface area contributed by atoms with Crippen molar-refractivity contribution >= 4 is 0 Å². The third kappa shape index (κ3) is 3.91. The summed E-state index contributed by atoms with van der Waals surface area (Å²) in [6.45, 7) is 5.27. The molecule has 0 aromatic heterocycles. The van der Waals surface area contributed by atoms with Crippen LogP contribution in [0.3, 0.4) is 0 Å². The molecule has 2 N–H and O–H groups in total. The van der Waals surface area contributed by atoms with Gasteiger partial charge >= 0.3 is 0 Å². The Kier molecular flexibility index (Phi) is 4.90. The summed E-state index contributed by atoms with van der Waals surface area (Å²) in [5.41, 5.74) is 7.04. The first-order valence-electron chi connectivity index (χ1n) is 5.72. The highest BCUT2D eigenvalue weighted by Gasteiger charge is 2.09. The Morgan fingerprint density at radius 3 is 2.31 bits per heavy atom. The van der Waals surface area contributed by atoms with Crippen LogP contribution in [0, 0.1) is 5.82 Å². The van der Waals surface area contributed by atoms with Gasteiger partial charge in [0.1, 0.15) is 5.82 Å². The SMILES string of the molecule is CC(C)N(C)CCC(N)c1ccc(F)cc1. The van der Waals surface area contributed by atoms with Crippen molar-refractivity contribution in [3.8, 4) is 0 Å². The molecule has 2 nitrogen and oxygen atoms in total. The van der Waals surface area contributed by atoms with E-state index in [1.165, 1.54) is 12.1 Å². The van der Waals surface area contributed by atoms with Gasteiger partial charge in [0.25, 0.3) is 0 Å². The van der Waals surface area contributed by atoms with Crippen LogP contribution in [0.2, 0.25) is 0 Å². The van der Waals surface area contributed by atoms with E-state index in [4.69, 9.17) is 5.73 Å². The minimum absolute atomic E-state index is 0.0122. The van der Waals surface area contributed by atoms with Gasteiger partial charge in [0.05, 0.1) is 0 Å². The summed E-state index contributed by atoms with van der Waals surface area (Å²) in [5, 5.41) is 0. The van der Waals surface area contributed by atoms with E-state index in [1.54, 1.807) is 12.1 Å². The van der Waals surface area contributed by atoms with Gasteiger partial charge < -0.3 is 10.6 Å². The molecule has 0 spiro atoms. The molecule has 1 aromatic rings. The first-order chi connectivity index (χ1) is 7.50. The lowest BCUT2D eigenvalue weighted by molar-refractivity contribution is 0.263. The highest BCUT2D eigenvalue weighted by atomic mass is 19.1. The van der Waals surface area contributed by atoms with Gasteiger partial charge in [-0.2, -0.15) is 0 Å². The highest BCUT2D eigenvalue weighted by Crippen LogP contribution is 2.15. The number of benzene rings is 1. The van der Waals surface area contributed by atoms with Crippen molar-refractivity contribution < 1.29 is 4.39 Å². The molecule has 0 fully saturated rings. The molecule has 0 aliphatic heterocycles. The fourth-order valence-electron chi connectivity index (χ4n) is 1.48. The van der Waals surface area contributed by atoms with Crippen molar-refractivity contribution in [1.82, 2.24) is 4.90 Å². The molecule has 1 unspecified atom stereocenters. The third-order valence-electron chi connectivity index (χ3n) is 2.97. The second-order valence-corrected chi connectivity index (χ2v) is 4.52. The second-order valence-electron chi connectivity index (χ2n) is 4.52. The lowest BCUT2D eigenvalue weighted by Gasteiger charge is -2.22. The Balaban J connectivity index is 2.46. The van der Waals surface area contributed by atoms with Gasteiger partial charge in [0, 0.05) is 12.1 Å². The Hall–Kier alpha value is -0.930. The normalized spacial score (nSPS) is 13.4. The summed E-state index contributed by atoms with van der Waals surface area (Å²) < 4.78 is 12.7. The predicted molar refractivity (Wildman–Crippen MR) is 65.7 cm³/mol. The first-order valence-corrected chi connectivity index (χ1v) is 5.72. The van der Waals surface area contributed by atoms with Crippen LogP contribution in [0.5, 0.6) is 0 Å². The molecular weight excluding hydrogens is 203 g/mol. The van der Waals surface area contributed by atoms with Crippen LogP contribution in [-0.4, -0.2) is 24.5 Å². The van der Waals surface area contributed by atoms with Crippen LogP contribution < -0.4 is 5.73 Å². The molecule has 0 bridgehead atoms. The van der Waals surface area contributed by atoms with Crippen molar-refractivity contribution in [3.05, 3.63) is 35.6 Å².